The van der Waals surface area contributed by atoms with E-state index in [0.717, 1.165) is 89.9 Å². The zero-order chi connectivity index (χ0) is 48.6. The van der Waals surface area contributed by atoms with Gasteiger partial charge in [-0.2, -0.15) is 0 Å². The van der Waals surface area contributed by atoms with Gasteiger partial charge in [0.1, 0.15) is 13.2 Å². The van der Waals surface area contributed by atoms with E-state index in [1.807, 2.05) is 0 Å². The lowest BCUT2D eigenvalue weighted by molar-refractivity contribution is -0.167. The highest BCUT2D eigenvalue weighted by Gasteiger charge is 2.19. The maximum absolute atomic E-state index is 12.8. The maximum Gasteiger partial charge on any atom is 0.306 e. The molecule has 0 fully saturated rings. The van der Waals surface area contributed by atoms with E-state index < -0.39 is 6.10 Å². The largest absolute Gasteiger partial charge is 0.462 e. The summed E-state index contributed by atoms with van der Waals surface area (Å²) in [6.07, 6.45) is 71.6. The van der Waals surface area contributed by atoms with Crippen LogP contribution in [-0.2, 0) is 28.6 Å². The second kappa shape index (κ2) is 55.2. The first-order chi connectivity index (χ1) is 33.0. The number of hydrogen-bond donors (Lipinski definition) is 0. The molecule has 0 aliphatic rings. The molecule has 0 aromatic heterocycles. The molecular weight excluding hydrogens is 829 g/mol. The molecule has 0 saturated heterocycles. The summed E-state index contributed by atoms with van der Waals surface area (Å²) in [5.41, 5.74) is 0. The topological polar surface area (TPSA) is 78.9 Å². The Kier molecular flexibility index (Phi) is 52.4. The average Bonchev–Trinajstić information content (AvgIpc) is 3.33. The van der Waals surface area contributed by atoms with Crippen LogP contribution in [0.3, 0.4) is 0 Å². The summed E-state index contributed by atoms with van der Waals surface area (Å²) in [7, 11) is 0. The molecule has 0 saturated carbocycles. The fourth-order valence-corrected chi connectivity index (χ4v) is 7.63. The molecule has 0 aromatic carbocycles. The van der Waals surface area contributed by atoms with Crippen LogP contribution in [0.25, 0.3) is 0 Å². The molecule has 0 amide bonds. The minimum Gasteiger partial charge on any atom is -0.462 e. The van der Waals surface area contributed by atoms with Crippen LogP contribution >= 0.6 is 0 Å². The zero-order valence-corrected chi connectivity index (χ0v) is 43.9. The zero-order valence-electron chi connectivity index (χ0n) is 43.9. The van der Waals surface area contributed by atoms with Crippen molar-refractivity contribution >= 4 is 17.9 Å². The molecule has 0 rings (SSSR count). The van der Waals surface area contributed by atoms with Crippen LogP contribution in [0.2, 0.25) is 0 Å². The SMILES string of the molecule is CC/C=C\C/C=C\C/C=C\C/C=C\C/C=C\CCCC(=O)OC(COC(=O)CCCCCCC/C=C\CCCC)COC(=O)CCCCCCCCCCC/C=C\CCCCCCCCCC. The second-order valence-electron chi connectivity index (χ2n) is 18.5. The molecule has 0 N–H and O–H groups in total. The van der Waals surface area contributed by atoms with E-state index in [2.05, 4.69) is 106 Å². The van der Waals surface area contributed by atoms with Crippen LogP contribution < -0.4 is 0 Å². The molecule has 0 aliphatic carbocycles. The van der Waals surface area contributed by atoms with Crippen molar-refractivity contribution in [2.75, 3.05) is 13.2 Å². The molecule has 384 valence electrons. The summed E-state index contributed by atoms with van der Waals surface area (Å²) in [5, 5.41) is 0. The molecule has 0 spiro atoms. The van der Waals surface area contributed by atoms with Crippen LogP contribution in [0.5, 0.6) is 0 Å². The quantitative estimate of drug-likeness (QED) is 0.0262. The van der Waals surface area contributed by atoms with Gasteiger partial charge in [-0.1, -0.05) is 228 Å². The smallest absolute Gasteiger partial charge is 0.306 e. The number of hydrogen-bond acceptors (Lipinski definition) is 6. The van der Waals surface area contributed by atoms with Gasteiger partial charge in [-0.3, -0.25) is 14.4 Å². The first kappa shape index (κ1) is 63.6. The van der Waals surface area contributed by atoms with Crippen molar-refractivity contribution in [3.63, 3.8) is 0 Å². The molecule has 0 heterocycles. The van der Waals surface area contributed by atoms with Crippen molar-refractivity contribution in [2.45, 2.75) is 271 Å². The molecule has 0 aromatic rings. The highest BCUT2D eigenvalue weighted by molar-refractivity contribution is 5.71. The molecule has 1 atom stereocenters. The predicted octanol–water partition coefficient (Wildman–Crippen LogP) is 18.8. The van der Waals surface area contributed by atoms with Crippen LogP contribution in [0.1, 0.15) is 265 Å². The van der Waals surface area contributed by atoms with Gasteiger partial charge < -0.3 is 14.2 Å². The molecule has 67 heavy (non-hydrogen) atoms. The van der Waals surface area contributed by atoms with E-state index >= 15 is 0 Å². The molecule has 6 heteroatoms. The van der Waals surface area contributed by atoms with Gasteiger partial charge in [0.25, 0.3) is 0 Å². The second-order valence-corrected chi connectivity index (χ2v) is 18.5. The van der Waals surface area contributed by atoms with Gasteiger partial charge in [-0.05, 0) is 103 Å². The average molecular weight is 933 g/mol. The number of allylic oxidation sites excluding steroid dienone is 14. The number of rotatable bonds is 50. The summed E-state index contributed by atoms with van der Waals surface area (Å²) in [6, 6.07) is 0. The van der Waals surface area contributed by atoms with Gasteiger partial charge >= 0.3 is 17.9 Å². The van der Waals surface area contributed by atoms with Gasteiger partial charge in [0, 0.05) is 19.3 Å². The Labute approximate surface area is 414 Å². The lowest BCUT2D eigenvalue weighted by atomic mass is 10.1. The normalized spacial score (nSPS) is 12.7. The fraction of sp³-hybridized carbons (Fsp3) is 0.721. The molecule has 0 radical (unpaired) electrons. The first-order valence-corrected chi connectivity index (χ1v) is 28.1. The Balaban J connectivity index is 4.40. The monoisotopic (exact) mass is 933 g/mol. The number of carbonyl (C=O) groups excluding carboxylic acids is 3. The van der Waals surface area contributed by atoms with Gasteiger partial charge in [0.2, 0.25) is 0 Å². The van der Waals surface area contributed by atoms with Gasteiger partial charge in [-0.25, -0.2) is 0 Å². The minimum absolute atomic E-state index is 0.103. The first-order valence-electron chi connectivity index (χ1n) is 28.1. The Hall–Kier alpha value is -3.41. The summed E-state index contributed by atoms with van der Waals surface area (Å²) in [4.78, 5) is 38.0. The summed E-state index contributed by atoms with van der Waals surface area (Å²) in [6.45, 7) is 6.44. The third-order valence-electron chi connectivity index (χ3n) is 11.9. The van der Waals surface area contributed by atoms with Crippen LogP contribution in [0.4, 0.5) is 0 Å². The highest BCUT2D eigenvalue weighted by atomic mass is 16.6. The van der Waals surface area contributed by atoms with Crippen LogP contribution in [-0.4, -0.2) is 37.2 Å². The molecular formula is C61H104O6. The van der Waals surface area contributed by atoms with Crippen molar-refractivity contribution in [3.8, 4) is 0 Å². The van der Waals surface area contributed by atoms with Crippen LogP contribution in [0, 0.1) is 0 Å². The summed E-state index contributed by atoms with van der Waals surface area (Å²) in [5.74, 6) is -0.971. The third-order valence-corrected chi connectivity index (χ3v) is 11.9. The lowest BCUT2D eigenvalue weighted by Crippen LogP contribution is -2.30. The Morgan fingerprint density at radius 3 is 1.01 bits per heavy atom. The van der Waals surface area contributed by atoms with Crippen molar-refractivity contribution < 1.29 is 28.6 Å². The minimum atomic E-state index is -0.810. The number of esters is 3. The van der Waals surface area contributed by atoms with E-state index in [-0.39, 0.29) is 37.5 Å². The van der Waals surface area contributed by atoms with Gasteiger partial charge in [-0.15, -0.1) is 0 Å². The summed E-state index contributed by atoms with van der Waals surface area (Å²) >= 11 is 0. The predicted molar refractivity (Wildman–Crippen MR) is 288 cm³/mol. The van der Waals surface area contributed by atoms with E-state index in [0.29, 0.717) is 19.3 Å². The van der Waals surface area contributed by atoms with Crippen LogP contribution in [0.15, 0.2) is 85.1 Å². The highest BCUT2D eigenvalue weighted by Crippen LogP contribution is 2.15. The van der Waals surface area contributed by atoms with Crippen molar-refractivity contribution in [1.82, 2.24) is 0 Å². The molecule has 0 aliphatic heterocycles. The van der Waals surface area contributed by atoms with E-state index in [4.69, 9.17) is 14.2 Å². The Bertz CT molecular complexity index is 1300. The number of ether oxygens (including phenoxy) is 3. The fourth-order valence-electron chi connectivity index (χ4n) is 7.63. The third kappa shape index (κ3) is 53.4. The molecule has 6 nitrogen and oxygen atoms in total. The molecule has 1 unspecified atom stereocenters. The Morgan fingerprint density at radius 2 is 0.612 bits per heavy atom. The summed E-state index contributed by atoms with van der Waals surface area (Å²) < 4.78 is 16.8. The van der Waals surface area contributed by atoms with Crippen molar-refractivity contribution in [3.05, 3.63) is 85.1 Å². The van der Waals surface area contributed by atoms with E-state index in [1.165, 1.54) is 128 Å². The van der Waals surface area contributed by atoms with Gasteiger partial charge in [0.15, 0.2) is 6.10 Å². The maximum atomic E-state index is 12.8. The van der Waals surface area contributed by atoms with E-state index in [1.54, 1.807) is 0 Å². The Morgan fingerprint density at radius 1 is 0.313 bits per heavy atom. The number of carbonyl (C=O) groups is 3. The molecule has 0 bridgehead atoms. The standard InChI is InChI=1S/C61H104O6/c1-4-7-10-13-16-19-22-24-26-28-29-30-31-33-34-36-39-42-45-48-51-54-60(63)66-57-58(56-65-59(62)53-50-47-44-41-38-21-18-15-12-9-6-3)67-61(64)55-52-49-46-43-40-37-35-32-27-25-23-20-17-14-11-8-5-2/h8,11,15,17-18,20,25,27-29,35,37,43,46,58H,4-7,9-10,12-14,16,19,21-24,26,30-34,36,38-42,44-45,47-57H2,1-3H3/b11-8-,18-15-,20-17-,27-25-,29-28-,37-35-,46-43-. The van der Waals surface area contributed by atoms with Gasteiger partial charge in [0.05, 0.1) is 0 Å². The number of unbranched alkanes of at least 4 members (excludes halogenated alkanes) is 25. The van der Waals surface area contributed by atoms with Crippen molar-refractivity contribution in [2.24, 2.45) is 0 Å². The van der Waals surface area contributed by atoms with E-state index in [9.17, 15) is 14.4 Å². The lowest BCUT2D eigenvalue weighted by Gasteiger charge is -2.18. The van der Waals surface area contributed by atoms with Crippen molar-refractivity contribution in [1.29, 1.82) is 0 Å².